The first-order valence-corrected chi connectivity index (χ1v) is 8.05. The summed E-state index contributed by atoms with van der Waals surface area (Å²) in [5.41, 5.74) is 1.42. The van der Waals surface area contributed by atoms with Gasteiger partial charge in [0.25, 0.3) is 0 Å². The molecular weight excluding hydrogens is 278 g/mol. The summed E-state index contributed by atoms with van der Waals surface area (Å²) < 4.78 is 5.69. The lowest BCUT2D eigenvalue weighted by molar-refractivity contribution is -0.130. The molecule has 4 nitrogen and oxygen atoms in total. The second-order valence-electron chi connectivity index (χ2n) is 7.01. The molecule has 1 saturated heterocycles. The molecule has 1 aliphatic rings. The van der Waals surface area contributed by atoms with Crippen LogP contribution in [-0.2, 0) is 10.2 Å². The van der Waals surface area contributed by atoms with Crippen LogP contribution in [0.2, 0.25) is 0 Å². The van der Waals surface area contributed by atoms with E-state index in [4.69, 9.17) is 4.74 Å². The van der Waals surface area contributed by atoms with E-state index in [1.807, 2.05) is 12.1 Å². The van der Waals surface area contributed by atoms with Crippen LogP contribution in [0, 0.1) is 0 Å². The first-order valence-electron chi connectivity index (χ1n) is 8.05. The number of hydrogen-bond acceptors (Lipinski definition) is 3. The van der Waals surface area contributed by atoms with Gasteiger partial charge in [0.15, 0.2) is 0 Å². The summed E-state index contributed by atoms with van der Waals surface area (Å²) in [6.07, 6.45) is 1.53. The fourth-order valence-corrected chi connectivity index (χ4v) is 2.59. The highest BCUT2D eigenvalue weighted by molar-refractivity contribution is 5.76. The van der Waals surface area contributed by atoms with Gasteiger partial charge in [0.1, 0.15) is 5.75 Å². The van der Waals surface area contributed by atoms with Crippen molar-refractivity contribution in [3.05, 3.63) is 29.8 Å². The third kappa shape index (κ3) is 4.73. The standard InChI is InChI=1S/C18H27NO3/c1-18(2,3)14-6-8-16(9-7-14)22-12-4-5-17(21)19-11-10-15(20)13-19/h6-9,15,20H,4-5,10-13H2,1-3H3/t15-/m1/s1. The van der Waals surface area contributed by atoms with Gasteiger partial charge in [-0.3, -0.25) is 4.79 Å². The van der Waals surface area contributed by atoms with Crippen LogP contribution in [0.4, 0.5) is 0 Å². The summed E-state index contributed by atoms with van der Waals surface area (Å²) in [5.74, 6) is 0.959. The Morgan fingerprint density at radius 3 is 2.55 bits per heavy atom. The summed E-state index contributed by atoms with van der Waals surface area (Å²) in [7, 11) is 0. The maximum absolute atomic E-state index is 11.9. The maximum Gasteiger partial charge on any atom is 0.222 e. The monoisotopic (exact) mass is 305 g/mol. The number of aliphatic hydroxyl groups is 1. The van der Waals surface area contributed by atoms with Gasteiger partial charge in [0.05, 0.1) is 12.7 Å². The van der Waals surface area contributed by atoms with Gasteiger partial charge in [-0.05, 0) is 36.0 Å². The van der Waals surface area contributed by atoms with E-state index in [0.29, 0.717) is 39.0 Å². The van der Waals surface area contributed by atoms with E-state index in [-0.39, 0.29) is 17.4 Å². The minimum atomic E-state index is -0.346. The van der Waals surface area contributed by atoms with Crippen LogP contribution < -0.4 is 4.74 Å². The van der Waals surface area contributed by atoms with E-state index >= 15 is 0 Å². The lowest BCUT2D eigenvalue weighted by Gasteiger charge is -2.19. The third-order valence-electron chi connectivity index (χ3n) is 4.04. The maximum atomic E-state index is 11.9. The fraction of sp³-hybridized carbons (Fsp3) is 0.611. The molecule has 4 heteroatoms. The highest BCUT2D eigenvalue weighted by Crippen LogP contribution is 2.24. The molecule has 0 unspecified atom stereocenters. The Morgan fingerprint density at radius 2 is 2.00 bits per heavy atom. The van der Waals surface area contributed by atoms with E-state index in [2.05, 4.69) is 32.9 Å². The van der Waals surface area contributed by atoms with Crippen molar-refractivity contribution in [1.82, 2.24) is 4.90 Å². The van der Waals surface area contributed by atoms with Crippen LogP contribution in [0.25, 0.3) is 0 Å². The largest absolute Gasteiger partial charge is 0.494 e. The molecule has 1 N–H and O–H groups in total. The summed E-state index contributed by atoms with van der Waals surface area (Å²) in [6, 6.07) is 8.15. The number of likely N-dealkylation sites (tertiary alicyclic amines) is 1. The Hall–Kier alpha value is -1.55. The molecular formula is C18H27NO3. The molecule has 2 rings (SSSR count). The molecule has 1 atom stereocenters. The summed E-state index contributed by atoms with van der Waals surface area (Å²) in [5, 5.41) is 9.43. The van der Waals surface area contributed by atoms with Crippen molar-refractivity contribution in [3.63, 3.8) is 0 Å². The van der Waals surface area contributed by atoms with Gasteiger partial charge in [-0.2, -0.15) is 0 Å². The number of carbonyl (C=O) groups excluding carboxylic acids is 1. The molecule has 0 saturated carbocycles. The molecule has 0 radical (unpaired) electrons. The number of carbonyl (C=O) groups is 1. The SMILES string of the molecule is CC(C)(C)c1ccc(OCCCC(=O)N2CC[C@@H](O)C2)cc1. The number of aliphatic hydroxyl groups excluding tert-OH is 1. The van der Waals surface area contributed by atoms with E-state index < -0.39 is 0 Å². The van der Waals surface area contributed by atoms with Gasteiger partial charge >= 0.3 is 0 Å². The molecule has 1 aliphatic heterocycles. The molecule has 0 spiro atoms. The minimum Gasteiger partial charge on any atom is -0.494 e. The molecule has 22 heavy (non-hydrogen) atoms. The van der Waals surface area contributed by atoms with Crippen molar-refractivity contribution in [2.75, 3.05) is 19.7 Å². The normalized spacial score (nSPS) is 18.5. The van der Waals surface area contributed by atoms with Crippen molar-refractivity contribution < 1.29 is 14.6 Å². The third-order valence-corrected chi connectivity index (χ3v) is 4.04. The van der Waals surface area contributed by atoms with Gasteiger partial charge in [-0.25, -0.2) is 0 Å². The molecule has 1 heterocycles. The zero-order valence-corrected chi connectivity index (χ0v) is 13.8. The van der Waals surface area contributed by atoms with Crippen LogP contribution in [0.1, 0.15) is 45.6 Å². The van der Waals surface area contributed by atoms with Gasteiger partial charge in [0, 0.05) is 19.5 Å². The van der Waals surface area contributed by atoms with Crippen LogP contribution in [0.15, 0.2) is 24.3 Å². The molecule has 1 aromatic rings. The second-order valence-corrected chi connectivity index (χ2v) is 7.01. The first-order chi connectivity index (χ1) is 10.4. The number of amides is 1. The predicted octanol–water partition coefficient (Wildman–Crippen LogP) is 2.74. The predicted molar refractivity (Wildman–Crippen MR) is 87.1 cm³/mol. The molecule has 122 valence electrons. The van der Waals surface area contributed by atoms with Gasteiger partial charge < -0.3 is 14.7 Å². The lowest BCUT2D eigenvalue weighted by atomic mass is 9.87. The Morgan fingerprint density at radius 1 is 1.32 bits per heavy atom. The number of ether oxygens (including phenoxy) is 1. The van der Waals surface area contributed by atoms with E-state index in [1.54, 1.807) is 4.90 Å². The molecule has 0 aliphatic carbocycles. The van der Waals surface area contributed by atoms with E-state index in [1.165, 1.54) is 5.56 Å². The van der Waals surface area contributed by atoms with Crippen molar-refractivity contribution in [1.29, 1.82) is 0 Å². The van der Waals surface area contributed by atoms with Crippen LogP contribution >= 0.6 is 0 Å². The highest BCUT2D eigenvalue weighted by Gasteiger charge is 2.23. The molecule has 0 aromatic heterocycles. The summed E-state index contributed by atoms with van der Waals surface area (Å²) >= 11 is 0. The number of β-amino-alcohol motifs (C(OH)–C–C–N with tert-alkyl or cyclic N) is 1. The van der Waals surface area contributed by atoms with E-state index in [0.717, 1.165) is 5.75 Å². The topological polar surface area (TPSA) is 49.8 Å². The van der Waals surface area contributed by atoms with Crippen LogP contribution in [0.5, 0.6) is 5.75 Å². The fourth-order valence-electron chi connectivity index (χ4n) is 2.59. The summed E-state index contributed by atoms with van der Waals surface area (Å²) in [4.78, 5) is 13.7. The zero-order valence-electron chi connectivity index (χ0n) is 13.8. The van der Waals surface area contributed by atoms with Crippen molar-refractivity contribution in [2.45, 2.75) is 51.6 Å². The average Bonchev–Trinajstić information content (AvgIpc) is 2.89. The van der Waals surface area contributed by atoms with Crippen molar-refractivity contribution >= 4 is 5.91 Å². The first kappa shape index (κ1) is 16.8. The Kier molecular flexibility index (Phi) is 5.46. The molecule has 1 fully saturated rings. The zero-order chi connectivity index (χ0) is 16.2. The number of rotatable bonds is 5. The summed E-state index contributed by atoms with van der Waals surface area (Å²) in [6.45, 7) is 8.25. The van der Waals surface area contributed by atoms with Crippen molar-refractivity contribution in [2.24, 2.45) is 0 Å². The smallest absolute Gasteiger partial charge is 0.222 e. The Balaban J connectivity index is 1.69. The lowest BCUT2D eigenvalue weighted by Crippen LogP contribution is -2.29. The molecule has 0 bridgehead atoms. The molecule has 1 aromatic carbocycles. The Labute approximate surface area is 133 Å². The number of benzene rings is 1. The quantitative estimate of drug-likeness (QED) is 0.851. The Bertz CT molecular complexity index is 490. The van der Waals surface area contributed by atoms with Crippen molar-refractivity contribution in [3.8, 4) is 5.75 Å². The van der Waals surface area contributed by atoms with Gasteiger partial charge in [-0.15, -0.1) is 0 Å². The highest BCUT2D eigenvalue weighted by atomic mass is 16.5. The molecule has 1 amide bonds. The van der Waals surface area contributed by atoms with Gasteiger partial charge in [0.2, 0.25) is 5.91 Å². The van der Waals surface area contributed by atoms with Crippen LogP contribution in [-0.4, -0.2) is 41.7 Å². The van der Waals surface area contributed by atoms with E-state index in [9.17, 15) is 9.90 Å². The van der Waals surface area contributed by atoms with Crippen LogP contribution in [0.3, 0.4) is 0 Å². The second kappa shape index (κ2) is 7.14. The number of nitrogens with zero attached hydrogens (tertiary/aromatic N) is 1. The van der Waals surface area contributed by atoms with Gasteiger partial charge in [-0.1, -0.05) is 32.9 Å². The number of hydrogen-bond donors (Lipinski definition) is 1. The average molecular weight is 305 g/mol. The minimum absolute atomic E-state index is 0.114.